The lowest BCUT2D eigenvalue weighted by molar-refractivity contribution is -0.383. The summed E-state index contributed by atoms with van der Waals surface area (Å²) in [6.07, 6.45) is 3.31. The van der Waals surface area contributed by atoms with E-state index in [1.54, 1.807) is 31.6 Å². The third kappa shape index (κ3) is 4.46. The van der Waals surface area contributed by atoms with Crippen LogP contribution in [0.4, 0.5) is 17.1 Å². The number of benzene rings is 2. The van der Waals surface area contributed by atoms with Crippen LogP contribution < -0.4 is 5.32 Å². The van der Waals surface area contributed by atoms with Gasteiger partial charge in [0.25, 0.3) is 11.6 Å². The molecule has 0 aliphatic heterocycles. The Balaban J connectivity index is 1.82. The predicted molar refractivity (Wildman–Crippen MR) is 103 cm³/mol. The van der Waals surface area contributed by atoms with Gasteiger partial charge in [-0.15, -0.1) is 0 Å². The number of anilines is 2. The smallest absolute Gasteiger partial charge is 0.293 e. The number of nitro benzene ring substituents is 1. The lowest BCUT2D eigenvalue weighted by Crippen LogP contribution is -2.26. The van der Waals surface area contributed by atoms with Gasteiger partial charge in [-0.05, 0) is 42.0 Å². The second-order valence-corrected chi connectivity index (χ2v) is 6.00. The lowest BCUT2D eigenvalue weighted by atomic mass is 10.1. The van der Waals surface area contributed by atoms with Crippen molar-refractivity contribution in [2.24, 2.45) is 0 Å². The topological polar surface area (TPSA) is 88.4 Å². The average Bonchev–Trinajstić information content (AvgIpc) is 2.69. The van der Waals surface area contributed by atoms with E-state index in [-0.39, 0.29) is 17.2 Å². The first-order valence-electron chi connectivity index (χ1n) is 8.29. The summed E-state index contributed by atoms with van der Waals surface area (Å²) < 4.78 is 0. The standard InChI is InChI=1S/C20H18N4O3/c1-23(14-15-9-11-21-12-10-15)20(25)16-7-8-18(19(13-16)24(26)27)22-17-5-3-2-4-6-17/h2-13,22H,14H2,1H3. The Morgan fingerprint density at radius 1 is 1.11 bits per heavy atom. The number of amides is 1. The number of nitrogens with one attached hydrogen (secondary N) is 1. The van der Waals surface area contributed by atoms with Crippen molar-refractivity contribution in [3.05, 3.63) is 94.3 Å². The van der Waals surface area contributed by atoms with Crippen LogP contribution in [0.5, 0.6) is 0 Å². The Morgan fingerprint density at radius 2 is 1.81 bits per heavy atom. The molecular formula is C20H18N4O3. The number of pyridine rings is 1. The first-order valence-corrected chi connectivity index (χ1v) is 8.29. The summed E-state index contributed by atoms with van der Waals surface area (Å²) in [5, 5.41) is 14.5. The van der Waals surface area contributed by atoms with Crippen molar-refractivity contribution < 1.29 is 9.72 Å². The van der Waals surface area contributed by atoms with Crippen molar-refractivity contribution >= 4 is 23.0 Å². The minimum atomic E-state index is -0.495. The molecule has 7 heteroatoms. The average molecular weight is 362 g/mol. The largest absolute Gasteiger partial charge is 0.350 e. The Labute approximate surface area is 156 Å². The van der Waals surface area contributed by atoms with Crippen LogP contribution in [0.1, 0.15) is 15.9 Å². The third-order valence-corrected chi connectivity index (χ3v) is 4.01. The van der Waals surface area contributed by atoms with E-state index >= 15 is 0 Å². The molecule has 27 heavy (non-hydrogen) atoms. The third-order valence-electron chi connectivity index (χ3n) is 4.01. The van der Waals surface area contributed by atoms with Crippen LogP contribution in [-0.2, 0) is 6.54 Å². The Morgan fingerprint density at radius 3 is 2.48 bits per heavy atom. The molecule has 1 heterocycles. The molecule has 0 aliphatic rings. The Hall–Kier alpha value is -3.74. The van der Waals surface area contributed by atoms with E-state index in [9.17, 15) is 14.9 Å². The Bertz CT molecular complexity index is 946. The van der Waals surface area contributed by atoms with Gasteiger partial charge >= 0.3 is 0 Å². The van der Waals surface area contributed by atoms with Crippen LogP contribution in [0.2, 0.25) is 0 Å². The molecule has 0 spiro atoms. The molecular weight excluding hydrogens is 344 g/mol. The molecule has 136 valence electrons. The highest BCUT2D eigenvalue weighted by molar-refractivity contribution is 5.95. The minimum absolute atomic E-state index is 0.151. The highest BCUT2D eigenvalue weighted by Crippen LogP contribution is 2.29. The number of rotatable bonds is 6. The summed E-state index contributed by atoms with van der Waals surface area (Å²) in [6.45, 7) is 0.388. The molecule has 7 nitrogen and oxygen atoms in total. The van der Waals surface area contributed by atoms with Crippen molar-refractivity contribution in [3.63, 3.8) is 0 Å². The zero-order valence-electron chi connectivity index (χ0n) is 14.7. The van der Waals surface area contributed by atoms with Gasteiger partial charge in [0.1, 0.15) is 5.69 Å². The van der Waals surface area contributed by atoms with E-state index in [4.69, 9.17) is 0 Å². The molecule has 1 aromatic heterocycles. The molecule has 1 amide bonds. The van der Waals surface area contributed by atoms with Crippen LogP contribution in [0.25, 0.3) is 0 Å². The van der Waals surface area contributed by atoms with Gasteiger partial charge in [-0.3, -0.25) is 19.9 Å². The molecule has 0 saturated heterocycles. The number of hydrogen-bond donors (Lipinski definition) is 1. The molecule has 1 N–H and O–H groups in total. The van der Waals surface area contributed by atoms with Crippen molar-refractivity contribution in [1.29, 1.82) is 0 Å². The number of para-hydroxylation sites is 1. The number of hydrogen-bond acceptors (Lipinski definition) is 5. The summed E-state index contributed by atoms with van der Waals surface area (Å²) in [5.41, 5.74) is 2.10. The highest BCUT2D eigenvalue weighted by atomic mass is 16.6. The van der Waals surface area contributed by atoms with Gasteiger partial charge in [0, 0.05) is 43.3 Å². The first-order chi connectivity index (χ1) is 13.0. The van der Waals surface area contributed by atoms with Gasteiger partial charge in [-0.2, -0.15) is 0 Å². The van der Waals surface area contributed by atoms with Gasteiger partial charge in [0.2, 0.25) is 0 Å². The lowest BCUT2D eigenvalue weighted by Gasteiger charge is -2.17. The molecule has 0 bridgehead atoms. The number of aromatic nitrogens is 1. The maximum absolute atomic E-state index is 12.7. The van der Waals surface area contributed by atoms with Gasteiger partial charge < -0.3 is 10.2 Å². The highest BCUT2D eigenvalue weighted by Gasteiger charge is 2.20. The normalized spacial score (nSPS) is 10.3. The van der Waals surface area contributed by atoms with Gasteiger partial charge in [0.15, 0.2) is 0 Å². The van der Waals surface area contributed by atoms with E-state index in [0.717, 1.165) is 11.3 Å². The summed E-state index contributed by atoms with van der Waals surface area (Å²) >= 11 is 0. The van der Waals surface area contributed by atoms with E-state index in [2.05, 4.69) is 10.3 Å². The number of carbonyl (C=O) groups excluding carboxylic acids is 1. The molecule has 0 unspecified atom stereocenters. The van der Waals surface area contributed by atoms with Crippen LogP contribution in [0, 0.1) is 10.1 Å². The SMILES string of the molecule is CN(Cc1ccncc1)C(=O)c1ccc(Nc2ccccc2)c([N+](=O)[O-])c1. The molecule has 3 aromatic rings. The maximum atomic E-state index is 12.7. The molecule has 0 atom stereocenters. The van der Waals surface area contributed by atoms with Crippen molar-refractivity contribution in [2.45, 2.75) is 6.54 Å². The maximum Gasteiger partial charge on any atom is 0.293 e. The molecule has 2 aromatic carbocycles. The molecule has 3 rings (SSSR count). The minimum Gasteiger partial charge on any atom is -0.350 e. The van der Waals surface area contributed by atoms with Crippen molar-refractivity contribution in [2.75, 3.05) is 12.4 Å². The van der Waals surface area contributed by atoms with E-state index < -0.39 is 4.92 Å². The fourth-order valence-corrected chi connectivity index (χ4v) is 2.65. The van der Waals surface area contributed by atoms with Gasteiger partial charge in [-0.1, -0.05) is 18.2 Å². The van der Waals surface area contributed by atoms with Crippen LogP contribution in [-0.4, -0.2) is 27.8 Å². The van der Waals surface area contributed by atoms with E-state index in [1.165, 1.54) is 11.0 Å². The van der Waals surface area contributed by atoms with Crippen LogP contribution in [0.15, 0.2) is 73.1 Å². The zero-order chi connectivity index (χ0) is 19.2. The second-order valence-electron chi connectivity index (χ2n) is 6.00. The summed E-state index contributed by atoms with van der Waals surface area (Å²) in [5.74, 6) is -0.291. The molecule has 0 aliphatic carbocycles. The summed E-state index contributed by atoms with van der Waals surface area (Å²) in [6, 6.07) is 17.2. The second kappa shape index (κ2) is 8.09. The number of nitro groups is 1. The zero-order valence-corrected chi connectivity index (χ0v) is 14.7. The monoisotopic (exact) mass is 362 g/mol. The van der Waals surface area contributed by atoms with E-state index in [1.807, 2.05) is 42.5 Å². The van der Waals surface area contributed by atoms with Gasteiger partial charge in [-0.25, -0.2) is 0 Å². The fraction of sp³-hybridized carbons (Fsp3) is 0.100. The van der Waals surface area contributed by atoms with Crippen LogP contribution in [0.3, 0.4) is 0 Å². The summed E-state index contributed by atoms with van der Waals surface area (Å²) in [4.78, 5) is 29.1. The molecule has 0 fully saturated rings. The van der Waals surface area contributed by atoms with Crippen LogP contribution >= 0.6 is 0 Å². The fourth-order valence-electron chi connectivity index (χ4n) is 2.65. The molecule has 0 saturated carbocycles. The number of nitrogens with zero attached hydrogens (tertiary/aromatic N) is 3. The Kier molecular flexibility index (Phi) is 5.41. The van der Waals surface area contributed by atoms with E-state index in [0.29, 0.717) is 12.2 Å². The number of carbonyl (C=O) groups is 1. The van der Waals surface area contributed by atoms with Crippen molar-refractivity contribution in [1.82, 2.24) is 9.88 Å². The van der Waals surface area contributed by atoms with Crippen molar-refractivity contribution in [3.8, 4) is 0 Å². The summed E-state index contributed by atoms with van der Waals surface area (Å²) in [7, 11) is 1.66. The molecule has 0 radical (unpaired) electrons. The van der Waals surface area contributed by atoms with Gasteiger partial charge in [0.05, 0.1) is 4.92 Å². The quantitative estimate of drug-likeness (QED) is 0.529. The predicted octanol–water partition coefficient (Wildman–Crippen LogP) is 4.01. The first kappa shape index (κ1) is 18.1.